The molecule has 0 aliphatic carbocycles. The van der Waals surface area contributed by atoms with Gasteiger partial charge in [-0.1, -0.05) is 29.5 Å². The van der Waals surface area contributed by atoms with Crippen molar-refractivity contribution in [2.75, 3.05) is 14.2 Å². The summed E-state index contributed by atoms with van der Waals surface area (Å²) in [6, 6.07) is 11.7. The summed E-state index contributed by atoms with van der Waals surface area (Å²) in [6.45, 7) is 6.47. The van der Waals surface area contributed by atoms with Crippen molar-refractivity contribution in [1.82, 2.24) is 4.57 Å². The van der Waals surface area contributed by atoms with Crippen molar-refractivity contribution in [3.63, 3.8) is 0 Å². The van der Waals surface area contributed by atoms with E-state index in [2.05, 4.69) is 36.7 Å². The lowest BCUT2D eigenvalue weighted by Crippen LogP contribution is -2.16. The number of rotatable bonds is 6. The largest absolute Gasteiger partial charge is 0.493 e. The van der Waals surface area contributed by atoms with E-state index in [4.69, 9.17) is 9.47 Å². The second kappa shape index (κ2) is 8.22. The van der Waals surface area contributed by atoms with Gasteiger partial charge in [0.25, 0.3) is 5.91 Å². The Morgan fingerprint density at radius 1 is 1.19 bits per heavy atom. The van der Waals surface area contributed by atoms with E-state index in [1.165, 1.54) is 16.9 Å². The molecule has 0 N–H and O–H groups in total. The molecule has 0 radical (unpaired) electrons. The van der Waals surface area contributed by atoms with Crippen LogP contribution in [-0.4, -0.2) is 24.7 Å². The summed E-state index contributed by atoms with van der Waals surface area (Å²) >= 11 is 1.51. The summed E-state index contributed by atoms with van der Waals surface area (Å²) in [5.41, 5.74) is 3.06. The second-order valence-corrected chi connectivity index (χ2v) is 7.14. The Balaban J connectivity index is 1.95. The van der Waals surface area contributed by atoms with Crippen LogP contribution in [0.1, 0.15) is 11.1 Å². The predicted octanol–water partition coefficient (Wildman–Crippen LogP) is 3.88. The van der Waals surface area contributed by atoms with E-state index in [0.717, 1.165) is 15.8 Å². The van der Waals surface area contributed by atoms with Crippen molar-refractivity contribution in [3.8, 4) is 11.5 Å². The number of methoxy groups -OCH3 is 2. The number of carbonyl (C=O) groups is 1. The number of hydrogen-bond donors (Lipinski definition) is 0. The van der Waals surface area contributed by atoms with Crippen LogP contribution in [0, 0.1) is 6.92 Å². The first-order chi connectivity index (χ1) is 13.0. The number of benzene rings is 2. The Morgan fingerprint density at radius 3 is 2.67 bits per heavy atom. The summed E-state index contributed by atoms with van der Waals surface area (Å²) < 4.78 is 13.7. The fraction of sp³-hybridized carbons (Fsp3) is 0.238. The number of nitrogens with zero attached hydrogens (tertiary/aromatic N) is 2. The topological polar surface area (TPSA) is 52.8 Å². The number of hydrogen-bond acceptors (Lipinski definition) is 4. The molecule has 6 heteroatoms. The van der Waals surface area contributed by atoms with Gasteiger partial charge in [0, 0.05) is 6.54 Å². The van der Waals surface area contributed by atoms with Crippen LogP contribution in [-0.2, 0) is 17.8 Å². The molecule has 3 rings (SSSR count). The second-order valence-electron chi connectivity index (χ2n) is 6.13. The number of fused-ring (bicyclic) bond motifs is 1. The molecule has 27 heavy (non-hydrogen) atoms. The van der Waals surface area contributed by atoms with Crippen LogP contribution in [0.4, 0.5) is 0 Å². The normalized spacial score (nSPS) is 11.6. The fourth-order valence-electron chi connectivity index (χ4n) is 2.88. The Hall–Kier alpha value is -2.86. The lowest BCUT2D eigenvalue weighted by atomic mass is 10.1. The highest BCUT2D eigenvalue weighted by atomic mass is 32.1. The fourth-order valence-corrected chi connectivity index (χ4v) is 4.04. The molecule has 0 atom stereocenters. The highest BCUT2D eigenvalue weighted by Crippen LogP contribution is 2.27. The van der Waals surface area contributed by atoms with E-state index in [1.807, 2.05) is 16.7 Å². The van der Waals surface area contributed by atoms with E-state index in [1.54, 1.807) is 26.4 Å². The molecule has 3 aromatic rings. The van der Waals surface area contributed by atoms with E-state index in [0.29, 0.717) is 22.8 Å². The maximum Gasteiger partial charge on any atom is 0.252 e. The lowest BCUT2D eigenvalue weighted by molar-refractivity contribution is -0.117. The van der Waals surface area contributed by atoms with Gasteiger partial charge in [-0.15, -0.1) is 6.58 Å². The lowest BCUT2D eigenvalue weighted by Gasteiger charge is -2.08. The van der Waals surface area contributed by atoms with E-state index < -0.39 is 0 Å². The molecule has 0 saturated heterocycles. The van der Waals surface area contributed by atoms with Gasteiger partial charge in [0.2, 0.25) is 0 Å². The van der Waals surface area contributed by atoms with Crippen LogP contribution in [0.2, 0.25) is 0 Å². The van der Waals surface area contributed by atoms with Crippen molar-refractivity contribution in [1.29, 1.82) is 0 Å². The molecule has 0 fully saturated rings. The Morgan fingerprint density at radius 2 is 1.96 bits per heavy atom. The summed E-state index contributed by atoms with van der Waals surface area (Å²) in [5.74, 6) is 1.03. The van der Waals surface area contributed by atoms with Gasteiger partial charge >= 0.3 is 0 Å². The molecular weight excluding hydrogens is 360 g/mol. The van der Waals surface area contributed by atoms with Gasteiger partial charge in [-0.25, -0.2) is 0 Å². The van der Waals surface area contributed by atoms with E-state index in [9.17, 15) is 4.79 Å². The van der Waals surface area contributed by atoms with E-state index in [-0.39, 0.29) is 12.3 Å². The first kappa shape index (κ1) is 18.9. The van der Waals surface area contributed by atoms with Gasteiger partial charge in [-0.3, -0.25) is 4.79 Å². The number of amides is 1. The average molecular weight is 382 g/mol. The summed E-state index contributed by atoms with van der Waals surface area (Å²) in [5, 5.41) is 0. The first-order valence-corrected chi connectivity index (χ1v) is 9.36. The van der Waals surface area contributed by atoms with Crippen molar-refractivity contribution in [2.24, 2.45) is 4.99 Å². The molecular formula is C21H22N2O3S. The first-order valence-electron chi connectivity index (χ1n) is 8.55. The van der Waals surface area contributed by atoms with Crippen LogP contribution in [0.25, 0.3) is 10.2 Å². The third-order valence-electron chi connectivity index (χ3n) is 4.17. The zero-order chi connectivity index (χ0) is 19.4. The Labute approximate surface area is 162 Å². The molecule has 2 aromatic carbocycles. The predicted molar refractivity (Wildman–Crippen MR) is 109 cm³/mol. The average Bonchev–Trinajstić information content (AvgIpc) is 2.98. The van der Waals surface area contributed by atoms with Crippen LogP contribution < -0.4 is 14.3 Å². The van der Waals surface area contributed by atoms with Crippen molar-refractivity contribution >= 4 is 27.5 Å². The van der Waals surface area contributed by atoms with Crippen molar-refractivity contribution in [3.05, 3.63) is 65.0 Å². The van der Waals surface area contributed by atoms with Gasteiger partial charge in [-0.05, 0) is 42.3 Å². The minimum Gasteiger partial charge on any atom is -0.493 e. The number of ether oxygens (including phenoxy) is 2. The highest BCUT2D eigenvalue weighted by molar-refractivity contribution is 7.16. The molecule has 0 aliphatic rings. The van der Waals surface area contributed by atoms with Crippen molar-refractivity contribution < 1.29 is 14.3 Å². The minimum atomic E-state index is -0.205. The monoisotopic (exact) mass is 382 g/mol. The summed E-state index contributed by atoms with van der Waals surface area (Å²) in [4.78, 5) is 17.6. The molecule has 140 valence electrons. The standard InChI is InChI=1S/C21H22N2O3S/c1-5-10-23-16-8-6-14(2)11-19(16)27-21(23)22-20(24)13-15-7-9-17(25-3)18(12-15)26-4/h5-9,11-12H,1,10,13H2,2-4H3. The molecule has 5 nitrogen and oxygen atoms in total. The van der Waals surface area contributed by atoms with Gasteiger partial charge in [0.15, 0.2) is 16.3 Å². The van der Waals surface area contributed by atoms with Crippen LogP contribution in [0.5, 0.6) is 11.5 Å². The summed E-state index contributed by atoms with van der Waals surface area (Å²) in [7, 11) is 3.16. The minimum absolute atomic E-state index is 0.196. The Kier molecular flexibility index (Phi) is 5.76. The SMILES string of the molecule is C=CCn1c(=NC(=O)Cc2ccc(OC)c(OC)c2)sc2cc(C)ccc21. The zero-order valence-corrected chi connectivity index (χ0v) is 16.5. The van der Waals surface area contributed by atoms with Gasteiger partial charge in [0.1, 0.15) is 0 Å². The number of allylic oxidation sites excluding steroid dienone is 1. The number of aryl methyl sites for hydroxylation is 1. The van der Waals surface area contributed by atoms with Gasteiger partial charge in [0.05, 0.1) is 30.9 Å². The van der Waals surface area contributed by atoms with Crippen LogP contribution in [0.3, 0.4) is 0 Å². The Bertz CT molecular complexity index is 1060. The third kappa shape index (κ3) is 4.11. The summed E-state index contributed by atoms with van der Waals surface area (Å²) in [6.07, 6.45) is 2.01. The quantitative estimate of drug-likeness (QED) is 0.608. The number of thiazole rings is 1. The molecule has 1 amide bonds. The molecule has 0 unspecified atom stereocenters. The maximum atomic E-state index is 12.6. The highest BCUT2D eigenvalue weighted by Gasteiger charge is 2.10. The molecule has 0 saturated carbocycles. The maximum absolute atomic E-state index is 12.6. The molecule has 1 heterocycles. The van der Waals surface area contributed by atoms with Crippen LogP contribution >= 0.6 is 11.3 Å². The zero-order valence-electron chi connectivity index (χ0n) is 15.7. The van der Waals surface area contributed by atoms with Crippen LogP contribution in [0.15, 0.2) is 54.0 Å². The molecule has 1 aromatic heterocycles. The van der Waals surface area contributed by atoms with Crippen molar-refractivity contribution in [2.45, 2.75) is 19.9 Å². The molecule has 0 spiro atoms. The molecule has 0 bridgehead atoms. The molecule has 0 aliphatic heterocycles. The van der Waals surface area contributed by atoms with Gasteiger partial charge < -0.3 is 14.0 Å². The van der Waals surface area contributed by atoms with Gasteiger partial charge in [-0.2, -0.15) is 4.99 Å². The number of aromatic nitrogens is 1. The smallest absolute Gasteiger partial charge is 0.252 e. The van der Waals surface area contributed by atoms with E-state index >= 15 is 0 Å². The number of carbonyl (C=O) groups excluding carboxylic acids is 1. The third-order valence-corrected chi connectivity index (χ3v) is 5.21.